The van der Waals surface area contributed by atoms with Crippen LogP contribution in [0.3, 0.4) is 0 Å². The molecular weight excluding hydrogens is 357 g/mol. The third-order valence-electron chi connectivity index (χ3n) is 6.03. The second-order valence-electron chi connectivity index (χ2n) is 7.85. The molecule has 0 saturated carbocycles. The van der Waals surface area contributed by atoms with Crippen LogP contribution in [0, 0.1) is 5.82 Å². The smallest absolute Gasteiger partial charge is 0.241 e. The molecule has 1 amide bonds. The Hall–Kier alpha value is -2.44. The first-order valence-electron chi connectivity index (χ1n) is 9.62. The van der Waals surface area contributed by atoms with Crippen LogP contribution in [0.1, 0.15) is 12.0 Å². The molecule has 1 atom stereocenters. The molecule has 0 aliphatic carbocycles. The van der Waals surface area contributed by atoms with Crippen LogP contribution in [0.25, 0.3) is 0 Å². The van der Waals surface area contributed by atoms with E-state index in [0.717, 1.165) is 31.8 Å². The second kappa shape index (κ2) is 7.53. The lowest BCUT2D eigenvalue weighted by molar-refractivity contribution is -0.123. The quantitative estimate of drug-likeness (QED) is 0.814. The fraction of sp³-hybridized carbons (Fsp3) is 0.409. The average Bonchev–Trinajstić information content (AvgIpc) is 3.09. The molecule has 2 aliphatic heterocycles. The van der Waals surface area contributed by atoms with Gasteiger partial charge in [-0.2, -0.15) is 0 Å². The molecule has 2 fully saturated rings. The van der Waals surface area contributed by atoms with Gasteiger partial charge >= 0.3 is 0 Å². The summed E-state index contributed by atoms with van der Waals surface area (Å²) in [6.07, 6.45) is 0.985. The van der Waals surface area contributed by atoms with Gasteiger partial charge in [-0.25, -0.2) is 4.39 Å². The van der Waals surface area contributed by atoms with Crippen LogP contribution in [-0.2, 0) is 11.3 Å². The van der Waals surface area contributed by atoms with Crippen molar-refractivity contribution in [3.05, 3.63) is 59.9 Å². The van der Waals surface area contributed by atoms with E-state index in [0.29, 0.717) is 18.8 Å². The Kier molecular flexibility index (Phi) is 5.08. The summed E-state index contributed by atoms with van der Waals surface area (Å²) in [5, 5.41) is 0. The molecule has 5 nitrogen and oxygen atoms in total. The molecule has 2 aliphatic rings. The van der Waals surface area contributed by atoms with E-state index < -0.39 is 0 Å². The molecule has 2 heterocycles. The number of likely N-dealkylation sites (tertiary alicyclic amines) is 1. The maximum Gasteiger partial charge on any atom is 0.241 e. The first kappa shape index (κ1) is 18.9. The van der Waals surface area contributed by atoms with Crippen molar-refractivity contribution < 1.29 is 13.9 Å². The minimum absolute atomic E-state index is 0.0207. The van der Waals surface area contributed by atoms with Crippen molar-refractivity contribution in [1.29, 1.82) is 0 Å². The summed E-state index contributed by atoms with van der Waals surface area (Å²) in [5.41, 5.74) is 1.78. The maximum absolute atomic E-state index is 13.7. The molecule has 4 rings (SSSR count). The van der Waals surface area contributed by atoms with E-state index in [1.165, 1.54) is 17.7 Å². The fourth-order valence-corrected chi connectivity index (χ4v) is 4.34. The normalized spacial score (nSPS) is 23.5. The highest BCUT2D eigenvalue weighted by Gasteiger charge is 2.47. The van der Waals surface area contributed by atoms with Gasteiger partial charge in [-0.05, 0) is 49.4 Å². The fourth-order valence-electron chi connectivity index (χ4n) is 4.34. The molecule has 0 unspecified atom stereocenters. The number of hydrogen-bond donors (Lipinski definition) is 0. The van der Waals surface area contributed by atoms with Gasteiger partial charge in [-0.1, -0.05) is 18.2 Å². The van der Waals surface area contributed by atoms with Gasteiger partial charge in [-0.3, -0.25) is 14.6 Å². The van der Waals surface area contributed by atoms with Crippen LogP contribution in [-0.4, -0.2) is 61.6 Å². The van der Waals surface area contributed by atoms with Crippen LogP contribution in [0.5, 0.6) is 5.75 Å². The van der Waals surface area contributed by atoms with Crippen LogP contribution in [0.15, 0.2) is 48.5 Å². The van der Waals surface area contributed by atoms with Gasteiger partial charge in [-0.15, -0.1) is 0 Å². The van der Waals surface area contributed by atoms with Gasteiger partial charge in [0.1, 0.15) is 11.6 Å². The summed E-state index contributed by atoms with van der Waals surface area (Å²) in [5.74, 6) is 0.566. The van der Waals surface area contributed by atoms with Crippen molar-refractivity contribution >= 4 is 11.6 Å². The van der Waals surface area contributed by atoms with Crippen molar-refractivity contribution in [2.75, 3.05) is 45.2 Å². The molecule has 0 radical (unpaired) electrons. The molecule has 2 aromatic rings. The number of halogens is 1. The highest BCUT2D eigenvalue weighted by molar-refractivity contribution is 5.96. The second-order valence-corrected chi connectivity index (χ2v) is 7.85. The number of piperazine rings is 1. The molecule has 0 N–H and O–H groups in total. The van der Waals surface area contributed by atoms with E-state index in [1.807, 2.05) is 25.2 Å². The van der Waals surface area contributed by atoms with Crippen molar-refractivity contribution in [2.45, 2.75) is 18.5 Å². The summed E-state index contributed by atoms with van der Waals surface area (Å²) in [7, 11) is 3.70. The van der Waals surface area contributed by atoms with Crippen molar-refractivity contribution in [2.24, 2.45) is 0 Å². The number of carbonyl (C=O) groups excluding carboxylic acids is 1. The number of carbonyl (C=O) groups is 1. The Labute approximate surface area is 165 Å². The van der Waals surface area contributed by atoms with Gasteiger partial charge < -0.3 is 9.64 Å². The number of methoxy groups -OCH3 is 1. The van der Waals surface area contributed by atoms with E-state index in [4.69, 9.17) is 4.74 Å². The van der Waals surface area contributed by atoms with Crippen LogP contribution < -0.4 is 9.64 Å². The molecular formula is C22H26FN3O2. The predicted octanol–water partition coefficient (Wildman–Crippen LogP) is 2.76. The molecule has 0 aromatic heterocycles. The lowest BCUT2D eigenvalue weighted by Gasteiger charge is -2.47. The summed E-state index contributed by atoms with van der Waals surface area (Å²) in [4.78, 5) is 19.0. The van der Waals surface area contributed by atoms with Crippen LogP contribution in [0.4, 0.5) is 10.1 Å². The predicted molar refractivity (Wildman–Crippen MR) is 107 cm³/mol. The zero-order valence-corrected chi connectivity index (χ0v) is 16.4. The zero-order chi connectivity index (χ0) is 19.7. The first-order valence-corrected chi connectivity index (χ1v) is 9.62. The van der Waals surface area contributed by atoms with Gasteiger partial charge in [0.15, 0.2) is 0 Å². The standard InChI is InChI=1S/C22H26FN3O2/c1-24-14-21(27)26(19-5-3-4-18(23)12-19)16-22(24)10-11-25(15-22)13-17-6-8-20(28-2)9-7-17/h3-9,12H,10-11,13-16H2,1-2H3/t22-/m0/s1. The Balaban J connectivity index is 1.49. The molecule has 0 bridgehead atoms. The van der Waals surface area contributed by atoms with Crippen molar-refractivity contribution in [1.82, 2.24) is 9.80 Å². The lowest BCUT2D eigenvalue weighted by Crippen LogP contribution is -2.64. The lowest BCUT2D eigenvalue weighted by atomic mass is 9.92. The number of likely N-dealkylation sites (N-methyl/N-ethyl adjacent to an activating group) is 1. The highest BCUT2D eigenvalue weighted by Crippen LogP contribution is 2.34. The third kappa shape index (κ3) is 3.62. The van der Waals surface area contributed by atoms with E-state index in [1.54, 1.807) is 18.1 Å². The van der Waals surface area contributed by atoms with Gasteiger partial charge in [0, 0.05) is 31.9 Å². The van der Waals surface area contributed by atoms with Gasteiger partial charge in [0.05, 0.1) is 19.2 Å². The van der Waals surface area contributed by atoms with E-state index in [2.05, 4.69) is 21.9 Å². The Morgan fingerprint density at radius 1 is 1.14 bits per heavy atom. The van der Waals surface area contributed by atoms with Crippen molar-refractivity contribution in [3.63, 3.8) is 0 Å². The van der Waals surface area contributed by atoms with Gasteiger partial charge in [0.2, 0.25) is 5.91 Å². The largest absolute Gasteiger partial charge is 0.497 e. The Morgan fingerprint density at radius 3 is 2.64 bits per heavy atom. The summed E-state index contributed by atoms with van der Waals surface area (Å²) < 4.78 is 18.9. The number of nitrogens with zero attached hydrogens (tertiary/aromatic N) is 3. The number of amides is 1. The van der Waals surface area contributed by atoms with E-state index >= 15 is 0 Å². The third-order valence-corrected chi connectivity index (χ3v) is 6.03. The Bertz CT molecular complexity index is 857. The van der Waals surface area contributed by atoms with Crippen LogP contribution in [0.2, 0.25) is 0 Å². The molecule has 2 saturated heterocycles. The topological polar surface area (TPSA) is 36.0 Å². The summed E-state index contributed by atoms with van der Waals surface area (Å²) >= 11 is 0. The number of benzene rings is 2. The molecule has 1 spiro atoms. The summed E-state index contributed by atoms with van der Waals surface area (Å²) in [6.45, 7) is 3.67. The molecule has 148 valence electrons. The number of ether oxygens (including phenoxy) is 1. The SMILES string of the molecule is COc1ccc(CN2CC[C@]3(C2)CN(c2cccc(F)c2)C(=O)CN3C)cc1. The van der Waals surface area contributed by atoms with Gasteiger partial charge in [0.25, 0.3) is 0 Å². The molecule has 6 heteroatoms. The van der Waals surface area contributed by atoms with E-state index in [-0.39, 0.29) is 17.3 Å². The van der Waals surface area contributed by atoms with E-state index in [9.17, 15) is 9.18 Å². The minimum atomic E-state index is -0.314. The maximum atomic E-state index is 13.7. The molecule has 2 aromatic carbocycles. The number of anilines is 1. The zero-order valence-electron chi connectivity index (χ0n) is 16.4. The highest BCUT2D eigenvalue weighted by atomic mass is 19.1. The number of rotatable bonds is 4. The monoisotopic (exact) mass is 383 g/mol. The average molecular weight is 383 g/mol. The molecule has 28 heavy (non-hydrogen) atoms. The van der Waals surface area contributed by atoms with Crippen molar-refractivity contribution in [3.8, 4) is 5.75 Å². The minimum Gasteiger partial charge on any atom is -0.497 e. The first-order chi connectivity index (χ1) is 13.5. The number of hydrogen-bond acceptors (Lipinski definition) is 4. The summed E-state index contributed by atoms with van der Waals surface area (Å²) in [6, 6.07) is 14.5. The van der Waals surface area contributed by atoms with Crippen LogP contribution >= 0.6 is 0 Å². The Morgan fingerprint density at radius 2 is 1.93 bits per heavy atom.